The van der Waals surface area contributed by atoms with Crippen molar-refractivity contribution in [1.29, 1.82) is 0 Å². The Kier molecular flexibility index (Phi) is 7.42. The molecule has 2 N–H and O–H groups in total. The first kappa shape index (κ1) is 25.8. The third-order valence-electron chi connectivity index (χ3n) is 5.16. The number of hydrogen-bond donors (Lipinski definition) is 2. The second-order valence-corrected chi connectivity index (χ2v) is 8.71. The van der Waals surface area contributed by atoms with Crippen molar-refractivity contribution < 1.29 is 32.0 Å². The molecule has 0 bridgehead atoms. The van der Waals surface area contributed by atoms with E-state index in [1.54, 1.807) is 31.3 Å². The van der Waals surface area contributed by atoms with E-state index in [0.29, 0.717) is 28.8 Å². The van der Waals surface area contributed by atoms with Crippen LogP contribution in [0.2, 0.25) is 10.0 Å². The molecular weight excluding hydrogens is 501 g/mol. The number of halogens is 6. The van der Waals surface area contributed by atoms with Gasteiger partial charge in [-0.25, -0.2) is 4.39 Å². The van der Waals surface area contributed by atoms with Gasteiger partial charge in [0.2, 0.25) is 5.91 Å². The number of alkyl halides is 3. The van der Waals surface area contributed by atoms with E-state index in [2.05, 4.69) is 10.5 Å². The van der Waals surface area contributed by atoms with E-state index in [1.807, 2.05) is 0 Å². The lowest BCUT2D eigenvalue weighted by molar-refractivity contribution is -0.137. The standard InChI is InChI=1S/C22H19Cl2F4N3O3/c1-11-5-12(3-4-14(11)20(33)29-9-18(32)30-10-22(26,27)28)17-8-21(2,34-31-17)13-6-15(23)19(25)16(24)7-13/h3-7H,8-10H2,1-2H3,(H,29,33)(H,30,32). The smallest absolute Gasteiger partial charge is 0.384 e. The second kappa shape index (κ2) is 9.79. The average Bonchev–Trinajstić information content (AvgIpc) is 3.16. The van der Waals surface area contributed by atoms with E-state index < -0.39 is 42.5 Å². The van der Waals surface area contributed by atoms with Crippen LogP contribution >= 0.6 is 23.2 Å². The fourth-order valence-electron chi connectivity index (χ4n) is 3.33. The van der Waals surface area contributed by atoms with Gasteiger partial charge in [0.05, 0.1) is 22.3 Å². The molecule has 0 aromatic heterocycles. The monoisotopic (exact) mass is 519 g/mol. The fraction of sp³-hybridized carbons (Fsp3) is 0.318. The van der Waals surface area contributed by atoms with Crippen molar-refractivity contribution in [2.24, 2.45) is 5.16 Å². The van der Waals surface area contributed by atoms with Crippen molar-refractivity contribution in [1.82, 2.24) is 10.6 Å². The SMILES string of the molecule is Cc1cc(C2=NOC(C)(c3cc(Cl)c(F)c(Cl)c3)C2)ccc1C(=O)NCC(=O)NCC(F)(F)F. The van der Waals surface area contributed by atoms with Crippen molar-refractivity contribution in [2.45, 2.75) is 32.0 Å². The molecule has 0 radical (unpaired) electrons. The van der Waals surface area contributed by atoms with Gasteiger partial charge in [0.15, 0.2) is 11.4 Å². The highest BCUT2D eigenvalue weighted by Crippen LogP contribution is 2.39. The number of carbonyl (C=O) groups excluding carboxylic acids is 2. The molecular formula is C22H19Cl2F4N3O3. The Morgan fingerprint density at radius 2 is 1.79 bits per heavy atom. The second-order valence-electron chi connectivity index (χ2n) is 7.90. The lowest BCUT2D eigenvalue weighted by Gasteiger charge is -2.22. The van der Waals surface area contributed by atoms with Crippen LogP contribution in [0.25, 0.3) is 0 Å². The summed E-state index contributed by atoms with van der Waals surface area (Å²) in [5, 5.41) is 7.81. The van der Waals surface area contributed by atoms with Gasteiger partial charge in [-0.1, -0.05) is 34.4 Å². The minimum atomic E-state index is -4.54. The molecule has 6 nitrogen and oxygen atoms in total. The summed E-state index contributed by atoms with van der Waals surface area (Å²) in [5.74, 6) is -2.30. The number of benzene rings is 2. The largest absolute Gasteiger partial charge is 0.405 e. The highest BCUT2D eigenvalue weighted by atomic mass is 35.5. The molecule has 2 aromatic rings. The summed E-state index contributed by atoms with van der Waals surface area (Å²) in [4.78, 5) is 29.5. The van der Waals surface area contributed by atoms with Gasteiger partial charge < -0.3 is 15.5 Å². The molecule has 34 heavy (non-hydrogen) atoms. The van der Waals surface area contributed by atoms with Gasteiger partial charge in [0.25, 0.3) is 5.91 Å². The predicted octanol–water partition coefficient (Wildman–Crippen LogP) is 4.89. The Morgan fingerprint density at radius 3 is 2.38 bits per heavy atom. The Hall–Kier alpha value is -2.85. The Labute approximate surface area is 202 Å². The topological polar surface area (TPSA) is 79.8 Å². The van der Waals surface area contributed by atoms with Gasteiger partial charge in [-0.2, -0.15) is 13.2 Å². The summed E-state index contributed by atoms with van der Waals surface area (Å²) >= 11 is 11.8. The molecule has 2 aromatic carbocycles. The third-order valence-corrected chi connectivity index (χ3v) is 5.71. The van der Waals surface area contributed by atoms with Crippen molar-refractivity contribution in [3.8, 4) is 0 Å². The van der Waals surface area contributed by atoms with Gasteiger partial charge in [-0.15, -0.1) is 0 Å². The molecule has 0 saturated heterocycles. The summed E-state index contributed by atoms with van der Waals surface area (Å²) in [6.45, 7) is 1.34. The van der Waals surface area contributed by atoms with Gasteiger partial charge >= 0.3 is 6.18 Å². The van der Waals surface area contributed by atoms with Crippen molar-refractivity contribution in [3.63, 3.8) is 0 Å². The van der Waals surface area contributed by atoms with E-state index in [9.17, 15) is 27.2 Å². The quantitative estimate of drug-likeness (QED) is 0.421. The van der Waals surface area contributed by atoms with Gasteiger partial charge in [-0.3, -0.25) is 9.59 Å². The van der Waals surface area contributed by atoms with Crippen LogP contribution in [0.5, 0.6) is 0 Å². The van der Waals surface area contributed by atoms with Crippen LogP contribution in [0.3, 0.4) is 0 Å². The van der Waals surface area contributed by atoms with E-state index in [0.717, 1.165) is 0 Å². The van der Waals surface area contributed by atoms with Crippen LogP contribution in [0.1, 0.15) is 40.4 Å². The number of nitrogens with one attached hydrogen (secondary N) is 2. The number of oxime groups is 1. The average molecular weight is 520 g/mol. The number of amides is 2. The van der Waals surface area contributed by atoms with Crippen molar-refractivity contribution >= 4 is 40.7 Å². The number of carbonyl (C=O) groups is 2. The summed E-state index contributed by atoms with van der Waals surface area (Å²) in [7, 11) is 0. The zero-order valence-electron chi connectivity index (χ0n) is 17.9. The van der Waals surface area contributed by atoms with E-state index >= 15 is 0 Å². The maximum absolute atomic E-state index is 13.8. The Balaban J connectivity index is 1.66. The van der Waals surface area contributed by atoms with Crippen LogP contribution in [0.15, 0.2) is 35.5 Å². The maximum Gasteiger partial charge on any atom is 0.405 e. The molecule has 0 saturated carbocycles. The van der Waals surface area contributed by atoms with Gasteiger partial charge in [-0.05, 0) is 49.2 Å². The maximum atomic E-state index is 13.8. The van der Waals surface area contributed by atoms with Gasteiger partial charge in [0.1, 0.15) is 6.54 Å². The number of nitrogens with zero attached hydrogens (tertiary/aromatic N) is 1. The number of rotatable bonds is 6. The molecule has 12 heteroatoms. The predicted molar refractivity (Wildman–Crippen MR) is 119 cm³/mol. The molecule has 1 aliphatic rings. The number of hydrogen-bond acceptors (Lipinski definition) is 4. The third kappa shape index (κ3) is 5.98. The van der Waals surface area contributed by atoms with Gasteiger partial charge in [0, 0.05) is 17.5 Å². The molecule has 1 aliphatic heterocycles. The fourth-order valence-corrected chi connectivity index (χ4v) is 3.81. The molecule has 2 amide bonds. The van der Waals surface area contributed by atoms with Crippen molar-refractivity contribution in [3.05, 3.63) is 68.4 Å². The van der Waals surface area contributed by atoms with Crippen molar-refractivity contribution in [2.75, 3.05) is 13.1 Å². The first-order valence-corrected chi connectivity index (χ1v) is 10.7. The molecule has 1 atom stereocenters. The van der Waals surface area contributed by atoms with Crippen LogP contribution in [0, 0.1) is 12.7 Å². The van der Waals surface area contributed by atoms with E-state index in [1.165, 1.54) is 18.2 Å². The summed E-state index contributed by atoms with van der Waals surface area (Å²) in [5.41, 5.74) is 1.63. The molecule has 0 fully saturated rings. The highest BCUT2D eigenvalue weighted by molar-refractivity contribution is 6.35. The molecule has 0 spiro atoms. The lowest BCUT2D eigenvalue weighted by atomic mass is 9.88. The van der Waals surface area contributed by atoms with Crippen LogP contribution in [-0.4, -0.2) is 36.8 Å². The highest BCUT2D eigenvalue weighted by Gasteiger charge is 2.38. The zero-order valence-corrected chi connectivity index (χ0v) is 19.5. The minimum absolute atomic E-state index is 0.140. The summed E-state index contributed by atoms with van der Waals surface area (Å²) in [6, 6.07) is 7.67. The zero-order chi connectivity index (χ0) is 25.3. The molecule has 182 valence electrons. The van der Waals surface area contributed by atoms with E-state index in [-0.39, 0.29) is 15.6 Å². The summed E-state index contributed by atoms with van der Waals surface area (Å²) < 4.78 is 50.2. The van der Waals surface area contributed by atoms with Crippen LogP contribution < -0.4 is 10.6 Å². The Bertz CT molecular complexity index is 1150. The minimum Gasteiger partial charge on any atom is -0.384 e. The lowest BCUT2D eigenvalue weighted by Crippen LogP contribution is -2.41. The molecule has 1 heterocycles. The number of aryl methyl sites for hydroxylation is 1. The molecule has 0 aliphatic carbocycles. The first-order valence-electron chi connectivity index (χ1n) is 9.92. The summed E-state index contributed by atoms with van der Waals surface area (Å²) in [6.07, 6.45) is -4.22. The normalized spacial score (nSPS) is 17.7. The van der Waals surface area contributed by atoms with Crippen LogP contribution in [-0.2, 0) is 15.2 Å². The molecule has 3 rings (SSSR count). The van der Waals surface area contributed by atoms with Crippen LogP contribution in [0.4, 0.5) is 17.6 Å². The first-order chi connectivity index (χ1) is 15.8. The molecule has 1 unspecified atom stereocenters. The Morgan fingerprint density at radius 1 is 1.15 bits per heavy atom. The van der Waals surface area contributed by atoms with E-state index in [4.69, 9.17) is 28.0 Å².